The van der Waals surface area contributed by atoms with Gasteiger partial charge in [0.1, 0.15) is 0 Å². The predicted octanol–water partition coefficient (Wildman–Crippen LogP) is 1.06. The number of likely N-dealkylation sites (tertiary alicyclic amines) is 1. The Morgan fingerprint density at radius 2 is 2.21 bits per heavy atom. The van der Waals surface area contributed by atoms with E-state index in [1.54, 1.807) is 29.4 Å². The van der Waals surface area contributed by atoms with Crippen molar-refractivity contribution in [1.29, 1.82) is 0 Å². The van der Waals surface area contributed by atoms with Gasteiger partial charge in [-0.1, -0.05) is 0 Å². The van der Waals surface area contributed by atoms with Crippen LogP contribution in [0.4, 0.5) is 0 Å². The Morgan fingerprint density at radius 3 is 2.79 bits per heavy atom. The number of carbonyl (C=O) groups excluding carboxylic acids is 2. The Bertz CT molecular complexity index is 425. The van der Waals surface area contributed by atoms with Crippen LogP contribution < -0.4 is 5.32 Å². The van der Waals surface area contributed by atoms with Gasteiger partial charge in [0.2, 0.25) is 11.8 Å². The molecule has 2 heterocycles. The van der Waals surface area contributed by atoms with E-state index in [0.717, 1.165) is 24.3 Å². The van der Waals surface area contributed by atoms with Crippen LogP contribution in [0.25, 0.3) is 0 Å². The number of amides is 2. The van der Waals surface area contributed by atoms with E-state index in [2.05, 4.69) is 10.3 Å². The Hall–Kier alpha value is -1.43. The van der Waals surface area contributed by atoms with Crippen LogP contribution in [-0.4, -0.2) is 41.3 Å². The van der Waals surface area contributed by atoms with Crippen LogP contribution in [-0.2, 0) is 16.0 Å². The second-order valence-electron chi connectivity index (χ2n) is 4.75. The van der Waals surface area contributed by atoms with Crippen molar-refractivity contribution in [3.63, 3.8) is 0 Å². The summed E-state index contributed by atoms with van der Waals surface area (Å²) < 4.78 is 0. The highest BCUT2D eigenvalue weighted by Crippen LogP contribution is 2.17. The highest BCUT2D eigenvalue weighted by molar-refractivity contribution is 7.09. The third kappa shape index (κ3) is 4.02. The molecule has 1 saturated heterocycles. The molecule has 0 bridgehead atoms. The molecule has 2 amide bonds. The topological polar surface area (TPSA) is 62.3 Å². The van der Waals surface area contributed by atoms with Crippen molar-refractivity contribution in [2.75, 3.05) is 19.6 Å². The molecule has 1 aliphatic heterocycles. The lowest BCUT2D eigenvalue weighted by atomic mass is 9.96. The van der Waals surface area contributed by atoms with E-state index in [9.17, 15) is 9.59 Å². The average Bonchev–Trinajstić information content (AvgIpc) is 2.92. The molecule has 19 heavy (non-hydrogen) atoms. The number of carbonyl (C=O) groups is 2. The zero-order valence-corrected chi connectivity index (χ0v) is 11.9. The Kier molecular flexibility index (Phi) is 4.90. The maximum absolute atomic E-state index is 12.0. The first-order valence-corrected chi connectivity index (χ1v) is 7.46. The molecular formula is C13H19N3O2S. The number of nitrogens with one attached hydrogen (secondary N) is 1. The summed E-state index contributed by atoms with van der Waals surface area (Å²) in [5, 5.41) is 5.95. The number of nitrogens with zero attached hydrogens (tertiary/aromatic N) is 2. The minimum Gasteiger partial charge on any atom is -0.355 e. The fourth-order valence-electron chi connectivity index (χ4n) is 2.27. The Balaban J connectivity index is 1.68. The van der Waals surface area contributed by atoms with Gasteiger partial charge in [0, 0.05) is 50.5 Å². The monoisotopic (exact) mass is 281 g/mol. The lowest BCUT2D eigenvalue weighted by Crippen LogP contribution is -2.42. The van der Waals surface area contributed by atoms with Crippen LogP contribution >= 0.6 is 11.3 Å². The van der Waals surface area contributed by atoms with Crippen molar-refractivity contribution < 1.29 is 9.59 Å². The SMILES string of the molecule is CC(=O)N1CCC(C(=O)NCCc2nccs2)CC1. The van der Waals surface area contributed by atoms with Crippen molar-refractivity contribution in [2.24, 2.45) is 5.92 Å². The summed E-state index contributed by atoms with van der Waals surface area (Å²) in [6.07, 6.45) is 4.10. The summed E-state index contributed by atoms with van der Waals surface area (Å²) in [4.78, 5) is 29.2. The van der Waals surface area contributed by atoms with Crippen LogP contribution in [0.2, 0.25) is 0 Å². The molecule has 0 unspecified atom stereocenters. The summed E-state index contributed by atoms with van der Waals surface area (Å²) in [7, 11) is 0. The van der Waals surface area contributed by atoms with Crippen LogP contribution in [0.1, 0.15) is 24.8 Å². The zero-order chi connectivity index (χ0) is 13.7. The predicted molar refractivity (Wildman–Crippen MR) is 73.8 cm³/mol. The fourth-order valence-corrected chi connectivity index (χ4v) is 2.89. The van der Waals surface area contributed by atoms with Crippen molar-refractivity contribution in [2.45, 2.75) is 26.2 Å². The first-order chi connectivity index (χ1) is 9.16. The first-order valence-electron chi connectivity index (χ1n) is 6.58. The van der Waals surface area contributed by atoms with E-state index < -0.39 is 0 Å². The molecule has 104 valence electrons. The first kappa shape index (κ1) is 14.0. The number of aromatic nitrogens is 1. The lowest BCUT2D eigenvalue weighted by Gasteiger charge is -2.30. The van der Waals surface area contributed by atoms with Gasteiger partial charge in [-0.15, -0.1) is 11.3 Å². The fraction of sp³-hybridized carbons (Fsp3) is 0.615. The molecule has 6 heteroatoms. The van der Waals surface area contributed by atoms with Gasteiger partial charge >= 0.3 is 0 Å². The molecular weight excluding hydrogens is 262 g/mol. The lowest BCUT2D eigenvalue weighted by molar-refractivity contribution is -0.133. The standard InChI is InChI=1S/C13H19N3O2S/c1-10(17)16-7-3-11(4-8-16)13(18)15-5-2-12-14-6-9-19-12/h6,9,11H,2-5,7-8H2,1H3,(H,15,18). The van der Waals surface area contributed by atoms with Gasteiger partial charge in [-0.25, -0.2) is 4.98 Å². The summed E-state index contributed by atoms with van der Waals surface area (Å²) >= 11 is 1.61. The molecule has 0 aromatic carbocycles. The summed E-state index contributed by atoms with van der Waals surface area (Å²) in [5.41, 5.74) is 0. The molecule has 5 nitrogen and oxygen atoms in total. The van der Waals surface area contributed by atoms with Gasteiger partial charge in [-0.3, -0.25) is 9.59 Å². The number of piperidine rings is 1. The van der Waals surface area contributed by atoms with Gasteiger partial charge in [-0.2, -0.15) is 0 Å². The smallest absolute Gasteiger partial charge is 0.223 e. The molecule has 2 rings (SSSR count). The van der Waals surface area contributed by atoms with E-state index in [-0.39, 0.29) is 17.7 Å². The normalized spacial score (nSPS) is 16.4. The van der Waals surface area contributed by atoms with Crippen molar-refractivity contribution >= 4 is 23.2 Å². The number of thiazole rings is 1. The van der Waals surface area contributed by atoms with E-state index in [0.29, 0.717) is 19.6 Å². The number of hydrogen-bond donors (Lipinski definition) is 1. The Labute approximate surface area is 117 Å². The maximum atomic E-state index is 12.0. The van der Waals surface area contributed by atoms with Gasteiger partial charge in [0.25, 0.3) is 0 Å². The summed E-state index contributed by atoms with van der Waals surface area (Å²) in [6, 6.07) is 0. The molecule has 1 aromatic rings. The van der Waals surface area contributed by atoms with E-state index in [4.69, 9.17) is 0 Å². The third-order valence-corrected chi connectivity index (χ3v) is 4.27. The van der Waals surface area contributed by atoms with Gasteiger partial charge in [0.05, 0.1) is 5.01 Å². The van der Waals surface area contributed by atoms with Gasteiger partial charge in [0.15, 0.2) is 0 Å². The van der Waals surface area contributed by atoms with Crippen molar-refractivity contribution in [3.05, 3.63) is 16.6 Å². The second-order valence-corrected chi connectivity index (χ2v) is 5.73. The van der Waals surface area contributed by atoms with E-state index in [1.807, 2.05) is 5.38 Å². The van der Waals surface area contributed by atoms with Crippen LogP contribution in [0.5, 0.6) is 0 Å². The van der Waals surface area contributed by atoms with Gasteiger partial charge in [-0.05, 0) is 12.8 Å². The summed E-state index contributed by atoms with van der Waals surface area (Å²) in [5.74, 6) is 0.259. The molecule has 0 atom stereocenters. The highest BCUT2D eigenvalue weighted by Gasteiger charge is 2.25. The maximum Gasteiger partial charge on any atom is 0.223 e. The number of hydrogen-bond acceptors (Lipinski definition) is 4. The van der Waals surface area contributed by atoms with E-state index in [1.165, 1.54) is 0 Å². The average molecular weight is 281 g/mol. The van der Waals surface area contributed by atoms with Crippen LogP contribution in [0.3, 0.4) is 0 Å². The van der Waals surface area contributed by atoms with Gasteiger partial charge < -0.3 is 10.2 Å². The molecule has 0 radical (unpaired) electrons. The second kappa shape index (κ2) is 6.65. The quantitative estimate of drug-likeness (QED) is 0.897. The number of rotatable bonds is 4. The highest BCUT2D eigenvalue weighted by atomic mass is 32.1. The molecule has 1 fully saturated rings. The third-order valence-electron chi connectivity index (χ3n) is 3.43. The summed E-state index contributed by atoms with van der Waals surface area (Å²) in [6.45, 7) is 3.60. The van der Waals surface area contributed by atoms with Crippen LogP contribution in [0, 0.1) is 5.92 Å². The van der Waals surface area contributed by atoms with Crippen LogP contribution in [0.15, 0.2) is 11.6 Å². The minimum absolute atomic E-state index is 0.0481. The largest absolute Gasteiger partial charge is 0.355 e. The molecule has 1 aromatic heterocycles. The molecule has 1 N–H and O–H groups in total. The molecule has 1 aliphatic rings. The zero-order valence-electron chi connectivity index (χ0n) is 11.1. The molecule has 0 spiro atoms. The van der Waals surface area contributed by atoms with Crippen molar-refractivity contribution in [3.8, 4) is 0 Å². The minimum atomic E-state index is 0.0481. The molecule has 0 aliphatic carbocycles. The Morgan fingerprint density at radius 1 is 1.47 bits per heavy atom. The molecule has 0 saturated carbocycles. The van der Waals surface area contributed by atoms with E-state index >= 15 is 0 Å². The van der Waals surface area contributed by atoms with Crippen molar-refractivity contribution in [1.82, 2.24) is 15.2 Å².